The van der Waals surface area contributed by atoms with Crippen LogP contribution in [0.2, 0.25) is 0 Å². The van der Waals surface area contributed by atoms with E-state index in [4.69, 9.17) is 0 Å². The highest BCUT2D eigenvalue weighted by atomic mass is 19.1. The maximum atomic E-state index is 13.5. The summed E-state index contributed by atoms with van der Waals surface area (Å²) in [5, 5.41) is 3.26. The number of aromatic nitrogens is 1. The van der Waals surface area contributed by atoms with Gasteiger partial charge in [-0.25, -0.2) is 4.39 Å². The average molecular weight is 210 g/mol. The van der Waals surface area contributed by atoms with Crippen molar-refractivity contribution in [1.29, 1.82) is 0 Å². The molecule has 0 saturated heterocycles. The summed E-state index contributed by atoms with van der Waals surface area (Å²) in [6, 6.07) is 1.77. The number of nitrogens with one attached hydrogen (secondary N) is 1. The van der Waals surface area contributed by atoms with Gasteiger partial charge in [0.15, 0.2) is 0 Å². The van der Waals surface area contributed by atoms with Crippen molar-refractivity contribution < 1.29 is 4.39 Å². The van der Waals surface area contributed by atoms with E-state index >= 15 is 0 Å². The number of hydrogen-bond acceptors (Lipinski definition) is 2. The van der Waals surface area contributed by atoms with Gasteiger partial charge in [-0.1, -0.05) is 20.8 Å². The van der Waals surface area contributed by atoms with Gasteiger partial charge in [0.1, 0.15) is 5.82 Å². The van der Waals surface area contributed by atoms with E-state index in [1.54, 1.807) is 12.3 Å². The number of pyridine rings is 1. The first kappa shape index (κ1) is 12.1. The number of hydrogen-bond donors (Lipinski definition) is 1. The molecule has 0 aromatic carbocycles. The fourth-order valence-electron chi connectivity index (χ4n) is 1.64. The third kappa shape index (κ3) is 3.27. The van der Waals surface area contributed by atoms with E-state index in [9.17, 15) is 4.39 Å². The maximum absolute atomic E-state index is 13.5. The number of halogens is 1. The van der Waals surface area contributed by atoms with Gasteiger partial charge < -0.3 is 5.32 Å². The maximum Gasteiger partial charge on any atom is 0.145 e. The summed E-state index contributed by atoms with van der Waals surface area (Å²) in [6.07, 6.45) is 3.85. The van der Waals surface area contributed by atoms with Crippen molar-refractivity contribution in [3.8, 4) is 0 Å². The second-order valence-corrected chi connectivity index (χ2v) is 4.34. The molecule has 0 amide bonds. The van der Waals surface area contributed by atoms with Crippen LogP contribution in [0.4, 0.5) is 4.39 Å². The molecule has 2 nitrogen and oxygen atoms in total. The first-order valence-electron chi connectivity index (χ1n) is 5.38. The molecule has 3 heteroatoms. The van der Waals surface area contributed by atoms with Crippen LogP contribution in [0.1, 0.15) is 32.8 Å². The van der Waals surface area contributed by atoms with Gasteiger partial charge in [0.05, 0.1) is 6.20 Å². The van der Waals surface area contributed by atoms with E-state index in [0.717, 1.165) is 25.1 Å². The Kier molecular flexibility index (Phi) is 4.21. The third-order valence-electron chi connectivity index (χ3n) is 2.68. The van der Waals surface area contributed by atoms with Crippen molar-refractivity contribution >= 4 is 0 Å². The standard InChI is InChI=1S/C12H19FN2/c1-4-14-8-6-12(2,3)10-5-7-15-9-11(10)13/h5,7,9,14H,4,6,8H2,1-3H3. The van der Waals surface area contributed by atoms with Gasteiger partial charge in [0.2, 0.25) is 0 Å². The van der Waals surface area contributed by atoms with Gasteiger partial charge in [-0.3, -0.25) is 4.98 Å². The molecule has 1 aromatic heterocycles. The van der Waals surface area contributed by atoms with Crippen molar-refractivity contribution in [2.24, 2.45) is 0 Å². The van der Waals surface area contributed by atoms with Crippen molar-refractivity contribution in [3.63, 3.8) is 0 Å². The Morgan fingerprint density at radius 1 is 1.47 bits per heavy atom. The Morgan fingerprint density at radius 2 is 2.20 bits per heavy atom. The molecule has 0 atom stereocenters. The predicted molar refractivity (Wildman–Crippen MR) is 60.4 cm³/mol. The zero-order valence-corrected chi connectivity index (χ0v) is 9.68. The van der Waals surface area contributed by atoms with E-state index in [2.05, 4.69) is 31.1 Å². The van der Waals surface area contributed by atoms with Crippen molar-refractivity contribution in [2.75, 3.05) is 13.1 Å². The van der Waals surface area contributed by atoms with Crippen LogP contribution in [0, 0.1) is 5.82 Å². The zero-order valence-electron chi connectivity index (χ0n) is 9.68. The van der Waals surface area contributed by atoms with Gasteiger partial charge in [-0.05, 0) is 36.6 Å². The summed E-state index contributed by atoms with van der Waals surface area (Å²) < 4.78 is 13.5. The molecule has 15 heavy (non-hydrogen) atoms. The van der Waals surface area contributed by atoms with Crippen LogP contribution in [0.15, 0.2) is 18.5 Å². The molecule has 0 aliphatic rings. The van der Waals surface area contributed by atoms with E-state index in [-0.39, 0.29) is 11.2 Å². The van der Waals surface area contributed by atoms with Crippen molar-refractivity contribution in [1.82, 2.24) is 10.3 Å². The number of nitrogens with zero attached hydrogens (tertiary/aromatic N) is 1. The topological polar surface area (TPSA) is 24.9 Å². The van der Waals surface area contributed by atoms with Crippen LogP contribution in [0.25, 0.3) is 0 Å². The lowest BCUT2D eigenvalue weighted by Crippen LogP contribution is -2.26. The first-order valence-corrected chi connectivity index (χ1v) is 5.38. The minimum absolute atomic E-state index is 0.144. The lowest BCUT2D eigenvalue weighted by molar-refractivity contribution is 0.435. The highest BCUT2D eigenvalue weighted by Gasteiger charge is 2.23. The first-order chi connectivity index (χ1) is 7.08. The molecule has 1 N–H and O–H groups in total. The largest absolute Gasteiger partial charge is 0.317 e. The molecule has 0 fully saturated rings. The summed E-state index contributed by atoms with van der Waals surface area (Å²) in [5.41, 5.74) is 0.602. The molecule has 1 rings (SSSR count). The van der Waals surface area contributed by atoms with Gasteiger partial charge in [-0.2, -0.15) is 0 Å². The monoisotopic (exact) mass is 210 g/mol. The minimum atomic E-state index is -0.209. The molecule has 0 bridgehead atoms. The Balaban J connectivity index is 2.72. The SMILES string of the molecule is CCNCCC(C)(C)c1ccncc1F. The highest BCUT2D eigenvalue weighted by molar-refractivity contribution is 5.22. The summed E-state index contributed by atoms with van der Waals surface area (Å²) >= 11 is 0. The highest BCUT2D eigenvalue weighted by Crippen LogP contribution is 2.27. The number of rotatable bonds is 5. The molecule has 0 unspecified atom stereocenters. The Hall–Kier alpha value is -0.960. The molecule has 84 valence electrons. The molecule has 0 saturated carbocycles. The van der Waals surface area contributed by atoms with E-state index in [1.165, 1.54) is 6.20 Å². The fourth-order valence-corrected chi connectivity index (χ4v) is 1.64. The Labute approximate surface area is 90.9 Å². The average Bonchev–Trinajstić information content (AvgIpc) is 2.18. The summed E-state index contributed by atoms with van der Waals surface area (Å²) in [7, 11) is 0. The Bertz CT molecular complexity index is 310. The van der Waals surface area contributed by atoms with Gasteiger partial charge >= 0.3 is 0 Å². The lowest BCUT2D eigenvalue weighted by Gasteiger charge is -2.25. The normalized spacial score (nSPS) is 11.7. The van der Waals surface area contributed by atoms with Crippen LogP contribution in [-0.2, 0) is 5.41 Å². The Morgan fingerprint density at radius 3 is 2.80 bits per heavy atom. The quantitative estimate of drug-likeness (QED) is 0.755. The molecule has 1 aromatic rings. The fraction of sp³-hybridized carbons (Fsp3) is 0.583. The van der Waals surface area contributed by atoms with Crippen LogP contribution in [0.3, 0.4) is 0 Å². The van der Waals surface area contributed by atoms with Crippen LogP contribution in [-0.4, -0.2) is 18.1 Å². The van der Waals surface area contributed by atoms with Crippen LogP contribution < -0.4 is 5.32 Å². The molecular weight excluding hydrogens is 191 g/mol. The van der Waals surface area contributed by atoms with Crippen LogP contribution in [0.5, 0.6) is 0 Å². The minimum Gasteiger partial charge on any atom is -0.317 e. The van der Waals surface area contributed by atoms with Gasteiger partial charge in [0.25, 0.3) is 0 Å². The molecule has 0 spiro atoms. The molecule has 0 radical (unpaired) electrons. The van der Waals surface area contributed by atoms with Crippen LogP contribution >= 0.6 is 0 Å². The van der Waals surface area contributed by atoms with E-state index < -0.39 is 0 Å². The molecular formula is C12H19FN2. The summed E-state index contributed by atoms with van der Waals surface area (Å²) in [4.78, 5) is 3.76. The predicted octanol–water partition coefficient (Wildman–Crippen LogP) is 2.50. The smallest absolute Gasteiger partial charge is 0.145 e. The molecule has 0 aliphatic carbocycles. The third-order valence-corrected chi connectivity index (χ3v) is 2.68. The van der Waals surface area contributed by atoms with Crippen molar-refractivity contribution in [2.45, 2.75) is 32.6 Å². The van der Waals surface area contributed by atoms with Crippen molar-refractivity contribution in [3.05, 3.63) is 29.8 Å². The second-order valence-electron chi connectivity index (χ2n) is 4.34. The summed E-state index contributed by atoms with van der Waals surface area (Å²) in [5.74, 6) is -0.209. The zero-order chi connectivity index (χ0) is 11.3. The van der Waals surface area contributed by atoms with Gasteiger partial charge in [0, 0.05) is 6.20 Å². The molecule has 0 aliphatic heterocycles. The summed E-state index contributed by atoms with van der Waals surface area (Å²) in [6.45, 7) is 8.05. The van der Waals surface area contributed by atoms with E-state index in [1.807, 2.05) is 0 Å². The molecule has 1 heterocycles. The van der Waals surface area contributed by atoms with Gasteiger partial charge in [-0.15, -0.1) is 0 Å². The van der Waals surface area contributed by atoms with E-state index in [0.29, 0.717) is 0 Å². The lowest BCUT2D eigenvalue weighted by atomic mass is 9.82. The second kappa shape index (κ2) is 5.21.